The largest absolute Gasteiger partial charge is 0.416 e. The van der Waals surface area contributed by atoms with Gasteiger partial charge in [0.15, 0.2) is 5.78 Å². The fourth-order valence-corrected chi connectivity index (χ4v) is 2.99. The Morgan fingerprint density at radius 3 is 2.18 bits per heavy atom. The Morgan fingerprint density at radius 2 is 1.73 bits per heavy atom. The first-order valence-corrected chi connectivity index (χ1v) is 6.77. The number of aliphatic hydroxyl groups is 1. The Hall–Kier alpha value is -1.11. The molecule has 2 N–H and O–H groups in total. The number of benzene rings is 1. The Morgan fingerprint density at radius 1 is 1.18 bits per heavy atom. The fraction of sp³-hybridized carbons (Fsp3) is 0.533. The van der Waals surface area contributed by atoms with Crippen LogP contribution in [0.25, 0.3) is 0 Å². The van der Waals surface area contributed by atoms with Crippen molar-refractivity contribution in [3.05, 3.63) is 35.4 Å². The number of likely N-dealkylation sites (N-methyl/N-ethyl adjacent to an activating group) is 1. The first-order valence-electron chi connectivity index (χ1n) is 6.77. The zero-order chi connectivity index (χ0) is 15.9. The van der Waals surface area contributed by atoms with Crippen molar-refractivity contribution in [2.24, 2.45) is 0 Å². The number of rotatable bonds is 2. The number of Topliss-reactive ketones (excluding diaryl/α,β-unsaturated/α-hetero) is 1. The van der Waals surface area contributed by atoms with Crippen molar-refractivity contribution < 1.29 is 23.1 Å². The minimum atomic E-state index is -4.41. The van der Waals surface area contributed by atoms with Crippen LogP contribution in [0.2, 0.25) is 0 Å². The van der Waals surface area contributed by atoms with Crippen molar-refractivity contribution in [2.75, 3.05) is 7.05 Å². The number of carbonyl (C=O) groups is 1. The molecule has 7 heteroatoms. The molecule has 0 amide bonds. The maximum atomic E-state index is 12.6. The summed E-state index contributed by atoms with van der Waals surface area (Å²) in [6, 6.07) is 4.54. The first kappa shape index (κ1) is 18.9. The normalized spacial score (nSPS) is 29.1. The van der Waals surface area contributed by atoms with E-state index in [1.165, 1.54) is 19.1 Å². The lowest BCUT2D eigenvalue weighted by Crippen LogP contribution is -2.59. The van der Waals surface area contributed by atoms with E-state index in [2.05, 4.69) is 5.32 Å². The molecule has 0 radical (unpaired) electrons. The van der Waals surface area contributed by atoms with Crippen LogP contribution in [0.5, 0.6) is 0 Å². The summed E-state index contributed by atoms with van der Waals surface area (Å²) in [7, 11) is 1.58. The van der Waals surface area contributed by atoms with Crippen LogP contribution in [0.1, 0.15) is 37.3 Å². The summed E-state index contributed by atoms with van der Waals surface area (Å²) in [4.78, 5) is 12.5. The molecule has 2 rings (SSSR count). The van der Waals surface area contributed by atoms with Gasteiger partial charge < -0.3 is 10.4 Å². The van der Waals surface area contributed by atoms with Crippen molar-refractivity contribution >= 4 is 18.2 Å². The second-order valence-electron chi connectivity index (χ2n) is 5.69. The number of nitrogens with one attached hydrogen (secondary N) is 1. The minimum Gasteiger partial charge on any atom is -0.382 e. The molecular weight excluding hydrogens is 319 g/mol. The van der Waals surface area contributed by atoms with Crippen molar-refractivity contribution in [3.63, 3.8) is 0 Å². The van der Waals surface area contributed by atoms with Gasteiger partial charge in [0.1, 0.15) is 11.1 Å². The highest BCUT2D eigenvalue weighted by molar-refractivity contribution is 5.96. The van der Waals surface area contributed by atoms with Crippen molar-refractivity contribution in [1.82, 2.24) is 5.32 Å². The molecule has 1 aliphatic rings. The third kappa shape index (κ3) is 3.14. The highest BCUT2D eigenvalue weighted by Gasteiger charge is 2.50. The lowest BCUT2D eigenvalue weighted by molar-refractivity contribution is -0.148. The van der Waals surface area contributed by atoms with E-state index in [9.17, 15) is 23.1 Å². The van der Waals surface area contributed by atoms with E-state index in [1.54, 1.807) is 7.05 Å². The second kappa shape index (κ2) is 6.18. The molecule has 1 aromatic carbocycles. The molecule has 0 aromatic heterocycles. The molecule has 22 heavy (non-hydrogen) atoms. The van der Waals surface area contributed by atoms with E-state index < -0.39 is 28.7 Å². The first-order chi connectivity index (χ1) is 9.63. The predicted molar refractivity (Wildman–Crippen MR) is 78.9 cm³/mol. The Labute approximate surface area is 133 Å². The molecule has 3 nitrogen and oxygen atoms in total. The van der Waals surface area contributed by atoms with E-state index in [4.69, 9.17) is 0 Å². The van der Waals surface area contributed by atoms with Crippen molar-refractivity contribution in [3.8, 4) is 0 Å². The Kier molecular flexibility index (Phi) is 5.32. The van der Waals surface area contributed by atoms with Crippen LogP contribution in [0.4, 0.5) is 13.2 Å². The summed E-state index contributed by atoms with van der Waals surface area (Å²) < 4.78 is 37.8. The molecule has 124 valence electrons. The predicted octanol–water partition coefficient (Wildman–Crippen LogP) is 3.05. The highest BCUT2D eigenvalue weighted by atomic mass is 35.5. The van der Waals surface area contributed by atoms with Gasteiger partial charge in [-0.3, -0.25) is 4.79 Å². The van der Waals surface area contributed by atoms with E-state index >= 15 is 0 Å². The molecule has 2 atom stereocenters. The third-order valence-electron chi connectivity index (χ3n) is 4.22. The minimum absolute atomic E-state index is 0. The summed E-state index contributed by atoms with van der Waals surface area (Å²) in [5.41, 5.74) is -2.91. The summed E-state index contributed by atoms with van der Waals surface area (Å²) in [6.07, 6.45) is -2.99. The second-order valence-corrected chi connectivity index (χ2v) is 5.69. The quantitative estimate of drug-likeness (QED) is 0.872. The molecule has 0 heterocycles. The van der Waals surface area contributed by atoms with Crippen LogP contribution in [-0.4, -0.2) is 23.5 Å². The third-order valence-corrected chi connectivity index (χ3v) is 4.22. The fourth-order valence-electron chi connectivity index (χ4n) is 2.99. The molecular formula is C15H19ClF3NO2. The number of carbonyl (C=O) groups excluding carboxylic acids is 1. The van der Waals surface area contributed by atoms with Crippen molar-refractivity contribution in [1.29, 1.82) is 0 Å². The van der Waals surface area contributed by atoms with Gasteiger partial charge in [0.2, 0.25) is 0 Å². The lowest BCUT2D eigenvalue weighted by Gasteiger charge is -2.42. The Balaban J connectivity index is 0.00000242. The van der Waals surface area contributed by atoms with E-state index in [-0.39, 0.29) is 12.4 Å². The van der Waals surface area contributed by atoms with Gasteiger partial charge in [-0.15, -0.1) is 12.4 Å². The van der Waals surface area contributed by atoms with Gasteiger partial charge >= 0.3 is 6.18 Å². The Bertz CT molecular complexity index is 543. The van der Waals surface area contributed by atoms with Gasteiger partial charge in [0.25, 0.3) is 0 Å². The van der Waals surface area contributed by atoms with Gasteiger partial charge in [-0.2, -0.15) is 13.2 Å². The number of hydrogen-bond donors (Lipinski definition) is 2. The molecule has 1 fully saturated rings. The summed E-state index contributed by atoms with van der Waals surface area (Å²) in [6.45, 7) is 1.45. The average molecular weight is 338 g/mol. The average Bonchev–Trinajstić information content (AvgIpc) is 2.41. The highest BCUT2D eigenvalue weighted by Crippen LogP contribution is 2.39. The van der Waals surface area contributed by atoms with Gasteiger partial charge in [-0.05, 0) is 50.9 Å². The van der Waals surface area contributed by atoms with Gasteiger partial charge in [0, 0.05) is 0 Å². The van der Waals surface area contributed by atoms with E-state index in [1.807, 2.05) is 0 Å². The summed E-state index contributed by atoms with van der Waals surface area (Å²) in [5, 5.41) is 13.1. The van der Waals surface area contributed by atoms with E-state index in [0.29, 0.717) is 24.8 Å². The maximum Gasteiger partial charge on any atom is 0.416 e. The SMILES string of the molecule is CN[C@@]1(c2ccc(C(F)(F)F)cc2)CCC[C@](C)(O)C1=O.Cl. The number of halogens is 4. The molecule has 1 saturated carbocycles. The molecule has 1 aliphatic carbocycles. The van der Waals surface area contributed by atoms with Crippen LogP contribution >= 0.6 is 12.4 Å². The van der Waals surface area contributed by atoms with Crippen LogP contribution in [-0.2, 0) is 16.5 Å². The molecule has 0 unspecified atom stereocenters. The van der Waals surface area contributed by atoms with Crippen LogP contribution in [0.3, 0.4) is 0 Å². The number of hydrogen-bond acceptors (Lipinski definition) is 3. The summed E-state index contributed by atoms with van der Waals surface area (Å²) >= 11 is 0. The van der Waals surface area contributed by atoms with Crippen molar-refractivity contribution in [2.45, 2.75) is 43.5 Å². The van der Waals surface area contributed by atoms with Crippen LogP contribution in [0, 0.1) is 0 Å². The molecule has 0 aliphatic heterocycles. The number of alkyl halides is 3. The maximum absolute atomic E-state index is 12.6. The van der Waals surface area contributed by atoms with Gasteiger partial charge in [-0.1, -0.05) is 12.1 Å². The molecule has 0 spiro atoms. The molecule has 0 saturated heterocycles. The number of ketones is 1. The molecule has 0 bridgehead atoms. The topological polar surface area (TPSA) is 49.3 Å². The van der Waals surface area contributed by atoms with E-state index in [0.717, 1.165) is 12.1 Å². The van der Waals surface area contributed by atoms with Gasteiger partial charge in [-0.25, -0.2) is 0 Å². The summed E-state index contributed by atoms with van der Waals surface area (Å²) in [5.74, 6) is -0.400. The zero-order valence-electron chi connectivity index (χ0n) is 12.3. The monoisotopic (exact) mass is 337 g/mol. The van der Waals surface area contributed by atoms with Crippen LogP contribution in [0.15, 0.2) is 24.3 Å². The standard InChI is InChI=1S/C15H18F3NO2.ClH/c1-13(21)8-3-9-14(19-2,12(13)20)10-4-6-11(7-5-10)15(16,17)18;/h4-7,19,21H,3,8-9H2,1-2H3;1H/t13-,14+;/m0./s1. The lowest BCUT2D eigenvalue weighted by atomic mass is 9.69. The molecule has 1 aromatic rings. The zero-order valence-corrected chi connectivity index (χ0v) is 13.1. The smallest absolute Gasteiger partial charge is 0.382 e. The van der Waals surface area contributed by atoms with Crippen LogP contribution < -0.4 is 5.32 Å². The van der Waals surface area contributed by atoms with Gasteiger partial charge in [0.05, 0.1) is 5.56 Å².